The normalized spacial score (nSPS) is 17.8. The van der Waals surface area contributed by atoms with Crippen LogP contribution in [0.4, 0.5) is 16.2 Å². The first-order chi connectivity index (χ1) is 18.4. The van der Waals surface area contributed by atoms with Crippen LogP contribution < -0.4 is 5.32 Å². The van der Waals surface area contributed by atoms with Crippen molar-refractivity contribution in [3.8, 4) is 0 Å². The molecule has 39 heavy (non-hydrogen) atoms. The van der Waals surface area contributed by atoms with Crippen LogP contribution in [0.15, 0.2) is 60.7 Å². The van der Waals surface area contributed by atoms with Gasteiger partial charge in [0.2, 0.25) is 0 Å². The van der Waals surface area contributed by atoms with Crippen LogP contribution in [0.3, 0.4) is 0 Å². The molecule has 0 spiro atoms. The first kappa shape index (κ1) is 28.9. The standard InChI is InChI=1S/C23H22N4O11S/c1-13(2)19(22(29)37-11-14-3-7-16(8-4-14)26(31)32)25-20(28)18(21(25)39(35)36)24-23(30)38-12-15-5-9-17(10-6-15)27(33)34/h3-10,18-19,21H,1,11-12H2,2H3,(H,24,30)(H,35,36). The molecule has 2 N–H and O–H groups in total. The van der Waals surface area contributed by atoms with Gasteiger partial charge in [0.05, 0.1) is 9.85 Å². The Morgan fingerprint density at radius 3 is 1.90 bits per heavy atom. The number of nitrogens with zero attached hydrogens (tertiary/aromatic N) is 3. The van der Waals surface area contributed by atoms with Crippen molar-refractivity contribution in [2.45, 2.75) is 37.6 Å². The lowest BCUT2D eigenvalue weighted by Gasteiger charge is -2.47. The zero-order valence-electron chi connectivity index (χ0n) is 20.3. The van der Waals surface area contributed by atoms with Gasteiger partial charge in [-0.1, -0.05) is 6.58 Å². The largest absolute Gasteiger partial charge is 0.459 e. The van der Waals surface area contributed by atoms with Gasteiger partial charge < -0.3 is 24.2 Å². The Morgan fingerprint density at radius 2 is 1.49 bits per heavy atom. The number of ether oxygens (including phenoxy) is 2. The first-order valence-corrected chi connectivity index (χ1v) is 12.2. The van der Waals surface area contributed by atoms with E-state index in [1.165, 1.54) is 55.5 Å². The number of esters is 1. The van der Waals surface area contributed by atoms with Gasteiger partial charge in [-0.15, -0.1) is 0 Å². The number of β-lactam (4-membered cyclic amide) rings is 1. The number of rotatable bonds is 11. The summed E-state index contributed by atoms with van der Waals surface area (Å²) in [6.45, 7) is 4.46. The number of alkyl carbamates (subject to hydrolysis) is 1. The molecule has 206 valence electrons. The minimum atomic E-state index is -2.71. The Hall–Kier alpha value is -4.70. The van der Waals surface area contributed by atoms with Gasteiger partial charge in [-0.3, -0.25) is 25.0 Å². The van der Waals surface area contributed by atoms with Crippen LogP contribution in [-0.4, -0.2) is 58.9 Å². The maximum atomic E-state index is 12.8. The van der Waals surface area contributed by atoms with Gasteiger partial charge >= 0.3 is 12.1 Å². The Morgan fingerprint density at radius 1 is 1.03 bits per heavy atom. The van der Waals surface area contributed by atoms with E-state index in [-0.39, 0.29) is 30.2 Å². The highest BCUT2D eigenvalue weighted by Gasteiger charge is 2.56. The van der Waals surface area contributed by atoms with Crippen LogP contribution in [0.5, 0.6) is 0 Å². The summed E-state index contributed by atoms with van der Waals surface area (Å²) in [5, 5.41) is 22.1. The van der Waals surface area contributed by atoms with Gasteiger partial charge in [-0.25, -0.2) is 13.8 Å². The van der Waals surface area contributed by atoms with Crippen molar-refractivity contribution in [1.82, 2.24) is 10.2 Å². The zero-order valence-corrected chi connectivity index (χ0v) is 21.1. The van der Waals surface area contributed by atoms with E-state index in [1.54, 1.807) is 0 Å². The molecule has 0 aliphatic carbocycles. The van der Waals surface area contributed by atoms with E-state index in [0.717, 1.165) is 4.90 Å². The van der Waals surface area contributed by atoms with Crippen molar-refractivity contribution in [2.75, 3.05) is 0 Å². The van der Waals surface area contributed by atoms with Crippen molar-refractivity contribution in [1.29, 1.82) is 0 Å². The number of nitro benzene ring substituents is 2. The zero-order chi connectivity index (χ0) is 28.9. The van der Waals surface area contributed by atoms with Gasteiger partial charge in [0, 0.05) is 24.3 Å². The summed E-state index contributed by atoms with van der Waals surface area (Å²) >= 11 is -2.71. The first-order valence-electron chi connectivity index (χ1n) is 11.0. The van der Waals surface area contributed by atoms with E-state index < -0.39 is 56.4 Å². The molecule has 1 aliphatic rings. The van der Waals surface area contributed by atoms with Gasteiger partial charge in [-0.2, -0.15) is 0 Å². The minimum absolute atomic E-state index is 0.117. The van der Waals surface area contributed by atoms with E-state index in [4.69, 9.17) is 9.47 Å². The summed E-state index contributed by atoms with van der Waals surface area (Å²) in [5.74, 6) is -1.83. The van der Waals surface area contributed by atoms with Crippen LogP contribution in [0.25, 0.3) is 0 Å². The van der Waals surface area contributed by atoms with Crippen LogP contribution >= 0.6 is 0 Å². The second-order valence-electron chi connectivity index (χ2n) is 8.31. The third-order valence-corrected chi connectivity index (χ3v) is 6.49. The number of likely N-dealkylation sites (tertiary alicyclic amines) is 1. The molecular formula is C23H22N4O11S. The highest BCUT2D eigenvalue weighted by atomic mass is 32.2. The summed E-state index contributed by atoms with van der Waals surface area (Å²) in [7, 11) is 0. The van der Waals surface area contributed by atoms with Gasteiger partial charge in [-0.05, 0) is 47.9 Å². The lowest BCUT2D eigenvalue weighted by atomic mass is 9.99. The average molecular weight is 563 g/mol. The number of carbonyl (C=O) groups is 3. The molecule has 1 fully saturated rings. The fourth-order valence-electron chi connectivity index (χ4n) is 3.64. The molecule has 0 bridgehead atoms. The van der Waals surface area contributed by atoms with Crippen LogP contribution in [-0.2, 0) is 43.4 Å². The Balaban J connectivity index is 1.62. The third-order valence-electron chi connectivity index (χ3n) is 5.57. The third kappa shape index (κ3) is 6.79. The Labute approximate surface area is 223 Å². The van der Waals surface area contributed by atoms with Crippen molar-refractivity contribution in [3.63, 3.8) is 0 Å². The number of nitro groups is 2. The number of benzene rings is 2. The van der Waals surface area contributed by atoms with E-state index in [0.29, 0.717) is 11.1 Å². The molecule has 0 saturated carbocycles. The predicted molar refractivity (Wildman–Crippen MR) is 133 cm³/mol. The number of amides is 2. The smallest absolute Gasteiger partial charge is 0.408 e. The fourth-order valence-corrected chi connectivity index (χ4v) is 4.48. The summed E-state index contributed by atoms with van der Waals surface area (Å²) in [4.78, 5) is 59.0. The number of non-ortho nitro benzene ring substituents is 2. The highest BCUT2D eigenvalue weighted by Crippen LogP contribution is 2.29. The Bertz CT molecular complexity index is 1330. The lowest BCUT2D eigenvalue weighted by molar-refractivity contribution is -0.385. The summed E-state index contributed by atoms with van der Waals surface area (Å²) in [6, 6.07) is 7.42. The van der Waals surface area contributed by atoms with Crippen molar-refractivity contribution < 1.29 is 42.5 Å². The quantitative estimate of drug-likeness (QED) is 0.101. The SMILES string of the molecule is C=C(C)C(C(=O)OCc1ccc([N+](=O)[O-])cc1)N1C(=O)C(NC(=O)OCc2ccc([N+](=O)[O-])cc2)C1S(=O)O. The predicted octanol–water partition coefficient (Wildman–Crippen LogP) is 2.18. The van der Waals surface area contributed by atoms with Gasteiger partial charge in [0.1, 0.15) is 19.3 Å². The Kier molecular flexibility index (Phi) is 9.05. The van der Waals surface area contributed by atoms with Crippen molar-refractivity contribution >= 4 is 40.4 Å². The molecule has 0 aromatic heterocycles. The summed E-state index contributed by atoms with van der Waals surface area (Å²) in [6.07, 6.45) is -1.10. The lowest BCUT2D eigenvalue weighted by Crippen LogP contribution is -2.75. The number of hydrogen-bond donors (Lipinski definition) is 2. The van der Waals surface area contributed by atoms with Gasteiger partial charge in [0.15, 0.2) is 22.5 Å². The van der Waals surface area contributed by atoms with E-state index in [9.17, 15) is 43.4 Å². The van der Waals surface area contributed by atoms with Crippen molar-refractivity contribution in [3.05, 3.63) is 92.0 Å². The number of carbonyl (C=O) groups excluding carboxylic acids is 3. The van der Waals surface area contributed by atoms with Crippen LogP contribution in [0.2, 0.25) is 0 Å². The molecule has 2 aromatic carbocycles. The molecule has 4 atom stereocenters. The molecule has 16 heteroatoms. The number of hydrogen-bond acceptors (Lipinski definition) is 10. The average Bonchev–Trinajstić information content (AvgIpc) is 2.89. The molecule has 4 unspecified atom stereocenters. The molecule has 3 rings (SSSR count). The second kappa shape index (κ2) is 12.2. The number of nitrogens with one attached hydrogen (secondary N) is 1. The molecule has 1 aliphatic heterocycles. The summed E-state index contributed by atoms with van der Waals surface area (Å²) in [5.41, 5.74) is 0.635. The highest BCUT2D eigenvalue weighted by molar-refractivity contribution is 7.80. The molecule has 2 amide bonds. The molecule has 0 radical (unpaired) electrons. The summed E-state index contributed by atoms with van der Waals surface area (Å²) < 4.78 is 32.1. The molecule has 1 saturated heterocycles. The minimum Gasteiger partial charge on any atom is -0.459 e. The molecule has 15 nitrogen and oxygen atoms in total. The fraction of sp³-hybridized carbons (Fsp3) is 0.261. The maximum absolute atomic E-state index is 12.8. The molecular weight excluding hydrogens is 540 g/mol. The molecule has 1 heterocycles. The van der Waals surface area contributed by atoms with Crippen LogP contribution in [0.1, 0.15) is 18.1 Å². The topological polar surface area (TPSA) is 209 Å². The van der Waals surface area contributed by atoms with Crippen LogP contribution in [0, 0.1) is 20.2 Å². The maximum Gasteiger partial charge on any atom is 0.408 e. The van der Waals surface area contributed by atoms with E-state index >= 15 is 0 Å². The van der Waals surface area contributed by atoms with E-state index in [2.05, 4.69) is 11.9 Å². The monoisotopic (exact) mass is 562 g/mol. The van der Waals surface area contributed by atoms with E-state index in [1.807, 2.05) is 0 Å². The molecule has 2 aromatic rings. The second-order valence-corrected chi connectivity index (χ2v) is 9.35. The van der Waals surface area contributed by atoms with Crippen molar-refractivity contribution in [2.24, 2.45) is 0 Å². The van der Waals surface area contributed by atoms with Gasteiger partial charge in [0.25, 0.3) is 17.3 Å².